The summed E-state index contributed by atoms with van der Waals surface area (Å²) in [6.07, 6.45) is 9.36. The highest BCUT2D eigenvalue weighted by atomic mass is 16.5. The lowest BCUT2D eigenvalue weighted by Gasteiger charge is -2.35. The largest absolute Gasteiger partial charge is 0.374 e. The molecule has 1 heteroatoms. The summed E-state index contributed by atoms with van der Waals surface area (Å²) in [4.78, 5) is 0. The second-order valence-corrected chi connectivity index (χ2v) is 6.98. The minimum atomic E-state index is 0.307. The molecule has 2 fully saturated rings. The summed E-state index contributed by atoms with van der Waals surface area (Å²) in [6.45, 7) is 9.27. The van der Waals surface area contributed by atoms with E-state index in [0.717, 1.165) is 11.8 Å². The monoisotopic (exact) mass is 224 g/mol. The van der Waals surface area contributed by atoms with Gasteiger partial charge in [-0.3, -0.25) is 0 Å². The van der Waals surface area contributed by atoms with Gasteiger partial charge in [0.1, 0.15) is 0 Å². The fourth-order valence-corrected chi connectivity index (χ4v) is 3.64. The number of rotatable bonds is 0. The fourth-order valence-electron chi connectivity index (χ4n) is 3.64. The minimum Gasteiger partial charge on any atom is -0.374 e. The van der Waals surface area contributed by atoms with Gasteiger partial charge in [-0.25, -0.2) is 0 Å². The lowest BCUT2D eigenvalue weighted by molar-refractivity contribution is -0.0779. The second kappa shape index (κ2) is 4.68. The number of fused-ring (bicyclic) bond motifs is 1. The molecule has 0 radical (unpaired) electrons. The molecule has 0 N–H and O–H groups in total. The van der Waals surface area contributed by atoms with Crippen LogP contribution in [0.1, 0.15) is 66.2 Å². The van der Waals surface area contributed by atoms with Gasteiger partial charge in [-0.05, 0) is 43.4 Å². The Morgan fingerprint density at radius 3 is 2.31 bits per heavy atom. The first kappa shape index (κ1) is 12.4. The van der Waals surface area contributed by atoms with Gasteiger partial charge in [0.15, 0.2) is 0 Å². The molecule has 1 nitrogen and oxygen atoms in total. The highest BCUT2D eigenvalue weighted by Crippen LogP contribution is 2.42. The first-order valence-electron chi connectivity index (χ1n) is 7.14. The van der Waals surface area contributed by atoms with Crippen LogP contribution in [0.15, 0.2) is 0 Å². The third kappa shape index (κ3) is 2.61. The van der Waals surface area contributed by atoms with Crippen LogP contribution in [0, 0.1) is 17.3 Å². The lowest BCUT2D eigenvalue weighted by Crippen LogP contribution is -2.34. The molecule has 2 aliphatic rings. The Morgan fingerprint density at radius 1 is 0.938 bits per heavy atom. The zero-order valence-corrected chi connectivity index (χ0v) is 11.5. The van der Waals surface area contributed by atoms with Crippen molar-refractivity contribution in [2.24, 2.45) is 17.3 Å². The Bertz CT molecular complexity index is 228. The summed E-state index contributed by atoms with van der Waals surface area (Å²) in [5, 5.41) is 0. The van der Waals surface area contributed by atoms with Gasteiger partial charge in [-0.15, -0.1) is 0 Å². The van der Waals surface area contributed by atoms with E-state index in [1.807, 2.05) is 0 Å². The highest BCUT2D eigenvalue weighted by molar-refractivity contribution is 4.87. The number of hydrogen-bond acceptors (Lipinski definition) is 1. The molecule has 2 rings (SSSR count). The topological polar surface area (TPSA) is 9.23 Å². The van der Waals surface area contributed by atoms with Crippen molar-refractivity contribution < 1.29 is 4.74 Å². The Morgan fingerprint density at radius 2 is 1.62 bits per heavy atom. The molecule has 0 aromatic rings. The van der Waals surface area contributed by atoms with E-state index < -0.39 is 0 Å². The summed E-state index contributed by atoms with van der Waals surface area (Å²) >= 11 is 0. The molecule has 1 saturated carbocycles. The van der Waals surface area contributed by atoms with E-state index >= 15 is 0 Å². The summed E-state index contributed by atoms with van der Waals surface area (Å²) in [5.74, 6) is 1.80. The molecule has 16 heavy (non-hydrogen) atoms. The molecular weight excluding hydrogens is 196 g/mol. The molecule has 0 spiro atoms. The van der Waals surface area contributed by atoms with Gasteiger partial charge in [0.2, 0.25) is 0 Å². The van der Waals surface area contributed by atoms with Gasteiger partial charge < -0.3 is 4.74 Å². The van der Waals surface area contributed by atoms with E-state index in [1.54, 1.807) is 0 Å². The van der Waals surface area contributed by atoms with Gasteiger partial charge in [-0.1, -0.05) is 40.0 Å². The SMILES string of the molecule is CC1OC(C(C)(C)C)CCC2CCCCC21. The third-order valence-electron chi connectivity index (χ3n) is 4.72. The van der Waals surface area contributed by atoms with Gasteiger partial charge in [0, 0.05) is 0 Å². The molecule has 0 bridgehead atoms. The van der Waals surface area contributed by atoms with Crippen LogP contribution in [-0.2, 0) is 4.74 Å². The smallest absolute Gasteiger partial charge is 0.0627 e. The molecule has 1 heterocycles. The Hall–Kier alpha value is -0.0400. The Labute approximate surface area is 101 Å². The fraction of sp³-hybridized carbons (Fsp3) is 1.00. The molecule has 1 saturated heterocycles. The molecule has 4 unspecified atom stereocenters. The molecule has 0 amide bonds. The average Bonchev–Trinajstić information content (AvgIpc) is 2.38. The first-order valence-corrected chi connectivity index (χ1v) is 7.14. The van der Waals surface area contributed by atoms with Gasteiger partial charge in [-0.2, -0.15) is 0 Å². The van der Waals surface area contributed by atoms with Crippen LogP contribution in [0.25, 0.3) is 0 Å². The van der Waals surface area contributed by atoms with Crippen LogP contribution in [0.3, 0.4) is 0 Å². The Balaban J connectivity index is 2.06. The summed E-state index contributed by atoms with van der Waals surface area (Å²) in [7, 11) is 0. The quantitative estimate of drug-likeness (QED) is 0.592. The predicted molar refractivity (Wildman–Crippen MR) is 68.5 cm³/mol. The highest BCUT2D eigenvalue weighted by Gasteiger charge is 2.37. The maximum atomic E-state index is 6.35. The standard InChI is InChI=1S/C15H28O/c1-11-13-8-6-5-7-12(13)9-10-14(16-11)15(2,3)4/h11-14H,5-10H2,1-4H3. The van der Waals surface area contributed by atoms with E-state index in [4.69, 9.17) is 4.74 Å². The van der Waals surface area contributed by atoms with E-state index in [2.05, 4.69) is 27.7 Å². The van der Waals surface area contributed by atoms with Crippen molar-refractivity contribution in [1.29, 1.82) is 0 Å². The Kier molecular flexibility index (Phi) is 3.63. The van der Waals surface area contributed by atoms with Crippen molar-refractivity contribution >= 4 is 0 Å². The minimum absolute atomic E-state index is 0.307. The zero-order valence-electron chi connectivity index (χ0n) is 11.5. The second-order valence-electron chi connectivity index (χ2n) is 6.98. The molecule has 4 atom stereocenters. The van der Waals surface area contributed by atoms with Gasteiger partial charge in [0.05, 0.1) is 12.2 Å². The molecule has 0 aromatic heterocycles. The van der Waals surface area contributed by atoms with Crippen molar-refractivity contribution in [3.63, 3.8) is 0 Å². The van der Waals surface area contributed by atoms with Crippen LogP contribution in [-0.4, -0.2) is 12.2 Å². The molecule has 1 aliphatic heterocycles. The van der Waals surface area contributed by atoms with Crippen LogP contribution >= 0.6 is 0 Å². The lowest BCUT2D eigenvalue weighted by atomic mass is 9.74. The predicted octanol–water partition coefficient (Wildman–Crippen LogP) is 4.41. The first-order chi connectivity index (χ1) is 7.48. The number of ether oxygens (including phenoxy) is 1. The van der Waals surface area contributed by atoms with E-state index in [9.17, 15) is 0 Å². The zero-order chi connectivity index (χ0) is 11.8. The van der Waals surface area contributed by atoms with Crippen LogP contribution in [0.2, 0.25) is 0 Å². The normalized spacial score (nSPS) is 41.2. The van der Waals surface area contributed by atoms with Crippen molar-refractivity contribution in [1.82, 2.24) is 0 Å². The van der Waals surface area contributed by atoms with Crippen molar-refractivity contribution in [2.45, 2.75) is 78.4 Å². The van der Waals surface area contributed by atoms with E-state index in [0.29, 0.717) is 17.6 Å². The van der Waals surface area contributed by atoms with E-state index in [-0.39, 0.29) is 0 Å². The van der Waals surface area contributed by atoms with Crippen molar-refractivity contribution in [3.05, 3.63) is 0 Å². The average molecular weight is 224 g/mol. The summed E-state index contributed by atoms with van der Waals surface area (Å²) in [6, 6.07) is 0. The maximum absolute atomic E-state index is 6.35. The van der Waals surface area contributed by atoms with Crippen molar-refractivity contribution in [3.8, 4) is 0 Å². The molecular formula is C15H28O. The summed E-state index contributed by atoms with van der Waals surface area (Å²) in [5.41, 5.74) is 0.307. The molecule has 94 valence electrons. The van der Waals surface area contributed by atoms with Gasteiger partial charge in [0.25, 0.3) is 0 Å². The molecule has 0 aromatic carbocycles. The van der Waals surface area contributed by atoms with Crippen LogP contribution in [0.5, 0.6) is 0 Å². The molecule has 1 aliphatic carbocycles. The summed E-state index contributed by atoms with van der Waals surface area (Å²) < 4.78 is 6.35. The number of hydrogen-bond donors (Lipinski definition) is 0. The van der Waals surface area contributed by atoms with E-state index in [1.165, 1.54) is 38.5 Å². The van der Waals surface area contributed by atoms with Crippen molar-refractivity contribution in [2.75, 3.05) is 0 Å². The van der Waals surface area contributed by atoms with Gasteiger partial charge >= 0.3 is 0 Å². The maximum Gasteiger partial charge on any atom is 0.0627 e. The third-order valence-corrected chi connectivity index (χ3v) is 4.72. The van der Waals surface area contributed by atoms with Crippen LogP contribution in [0.4, 0.5) is 0 Å². The van der Waals surface area contributed by atoms with Crippen LogP contribution < -0.4 is 0 Å².